The van der Waals surface area contributed by atoms with Gasteiger partial charge in [0.05, 0.1) is 11.3 Å². The minimum Gasteiger partial charge on any atom is -0.375 e. The zero-order chi connectivity index (χ0) is 14.3. The van der Waals surface area contributed by atoms with Gasteiger partial charge in [0.25, 0.3) is 5.91 Å². The molecule has 4 nitrogen and oxygen atoms in total. The van der Waals surface area contributed by atoms with Crippen molar-refractivity contribution in [1.29, 1.82) is 0 Å². The number of ketones is 1. The van der Waals surface area contributed by atoms with E-state index in [2.05, 4.69) is 5.32 Å². The van der Waals surface area contributed by atoms with E-state index in [4.69, 9.17) is 0 Å². The first-order valence-electron chi connectivity index (χ1n) is 5.91. The SMILES string of the molecule is O=C(CC1(O)C(=O)Nc2ccc(F)cc21)c1cccs1. The summed E-state index contributed by atoms with van der Waals surface area (Å²) in [6.07, 6.45) is -0.407. The van der Waals surface area contributed by atoms with E-state index < -0.39 is 23.7 Å². The molecule has 1 amide bonds. The highest BCUT2D eigenvalue weighted by molar-refractivity contribution is 7.12. The number of carbonyl (C=O) groups is 2. The van der Waals surface area contributed by atoms with Crippen molar-refractivity contribution >= 4 is 28.7 Å². The van der Waals surface area contributed by atoms with E-state index in [0.717, 1.165) is 6.07 Å². The number of aliphatic hydroxyl groups is 1. The molecule has 1 unspecified atom stereocenters. The first kappa shape index (κ1) is 13.0. The molecule has 0 saturated carbocycles. The fourth-order valence-corrected chi connectivity index (χ4v) is 2.91. The van der Waals surface area contributed by atoms with Crippen molar-refractivity contribution < 1.29 is 19.1 Å². The summed E-state index contributed by atoms with van der Waals surface area (Å²) in [4.78, 5) is 24.5. The van der Waals surface area contributed by atoms with Gasteiger partial charge < -0.3 is 10.4 Å². The molecule has 2 N–H and O–H groups in total. The number of halogens is 1. The van der Waals surface area contributed by atoms with Crippen LogP contribution in [0.15, 0.2) is 35.7 Å². The third-order valence-corrected chi connectivity index (χ3v) is 4.17. The van der Waals surface area contributed by atoms with Crippen molar-refractivity contribution in [2.75, 3.05) is 5.32 Å². The van der Waals surface area contributed by atoms with E-state index in [9.17, 15) is 19.1 Å². The summed E-state index contributed by atoms with van der Waals surface area (Å²) in [6, 6.07) is 6.97. The third-order valence-electron chi connectivity index (χ3n) is 3.26. The number of anilines is 1. The Morgan fingerprint density at radius 1 is 1.40 bits per heavy atom. The van der Waals surface area contributed by atoms with Gasteiger partial charge in [0.15, 0.2) is 11.4 Å². The van der Waals surface area contributed by atoms with Gasteiger partial charge in [-0.2, -0.15) is 0 Å². The van der Waals surface area contributed by atoms with E-state index in [1.165, 1.54) is 23.5 Å². The standard InChI is InChI=1S/C14H10FNO3S/c15-8-3-4-10-9(6-8)14(19,13(18)16-10)7-11(17)12-2-1-5-20-12/h1-6,19H,7H2,(H,16,18). The molecule has 2 heterocycles. The molecule has 102 valence electrons. The zero-order valence-electron chi connectivity index (χ0n) is 10.2. The lowest BCUT2D eigenvalue weighted by molar-refractivity contribution is -0.133. The number of rotatable bonds is 3. The molecular formula is C14H10FNO3S. The normalized spacial score (nSPS) is 20.6. The van der Waals surface area contributed by atoms with Crippen LogP contribution < -0.4 is 5.32 Å². The van der Waals surface area contributed by atoms with E-state index >= 15 is 0 Å². The summed E-state index contributed by atoms with van der Waals surface area (Å²) in [5, 5.41) is 14.7. The molecule has 1 aliphatic heterocycles. The van der Waals surface area contributed by atoms with Crippen molar-refractivity contribution in [3.8, 4) is 0 Å². The van der Waals surface area contributed by atoms with Gasteiger partial charge in [0, 0.05) is 11.3 Å². The Morgan fingerprint density at radius 3 is 2.90 bits per heavy atom. The number of hydrogen-bond donors (Lipinski definition) is 2. The first-order chi connectivity index (χ1) is 9.50. The predicted molar refractivity (Wildman–Crippen MR) is 72.2 cm³/mol. The second-order valence-corrected chi connectivity index (χ2v) is 5.53. The molecule has 3 rings (SSSR count). The number of hydrogen-bond acceptors (Lipinski definition) is 4. The zero-order valence-corrected chi connectivity index (χ0v) is 11.0. The van der Waals surface area contributed by atoms with Crippen LogP contribution in [0.3, 0.4) is 0 Å². The van der Waals surface area contributed by atoms with E-state index in [1.54, 1.807) is 17.5 Å². The van der Waals surface area contributed by atoms with Gasteiger partial charge in [-0.1, -0.05) is 6.07 Å². The fourth-order valence-electron chi connectivity index (χ4n) is 2.25. The van der Waals surface area contributed by atoms with Crippen molar-refractivity contribution in [3.05, 3.63) is 52.0 Å². The van der Waals surface area contributed by atoms with Gasteiger partial charge in [0.1, 0.15) is 5.82 Å². The smallest absolute Gasteiger partial charge is 0.261 e. The second-order valence-electron chi connectivity index (χ2n) is 4.58. The maximum atomic E-state index is 13.3. The molecule has 1 aromatic heterocycles. The molecule has 6 heteroatoms. The number of Topliss-reactive ketones (excluding diaryl/α,β-unsaturated/α-hetero) is 1. The largest absolute Gasteiger partial charge is 0.375 e. The Balaban J connectivity index is 1.98. The van der Waals surface area contributed by atoms with Crippen LogP contribution in [-0.4, -0.2) is 16.8 Å². The topological polar surface area (TPSA) is 66.4 Å². The molecule has 20 heavy (non-hydrogen) atoms. The maximum Gasteiger partial charge on any atom is 0.261 e. The van der Waals surface area contributed by atoms with Crippen LogP contribution in [0.5, 0.6) is 0 Å². The minimum absolute atomic E-state index is 0.104. The van der Waals surface area contributed by atoms with Gasteiger partial charge in [-0.15, -0.1) is 11.3 Å². The van der Waals surface area contributed by atoms with Crippen LogP contribution in [-0.2, 0) is 10.4 Å². The quantitative estimate of drug-likeness (QED) is 0.853. The Labute approximate surface area is 117 Å². The summed E-state index contributed by atoms with van der Waals surface area (Å²) in [5.74, 6) is -1.62. The molecule has 0 aliphatic carbocycles. The number of fused-ring (bicyclic) bond motifs is 1. The van der Waals surface area contributed by atoms with Crippen molar-refractivity contribution in [3.63, 3.8) is 0 Å². The predicted octanol–water partition coefficient (Wildman–Crippen LogP) is 2.30. The molecule has 1 aromatic carbocycles. The lowest BCUT2D eigenvalue weighted by Crippen LogP contribution is -2.36. The molecule has 0 spiro atoms. The van der Waals surface area contributed by atoms with Gasteiger partial charge in [-0.3, -0.25) is 9.59 Å². The molecule has 0 fully saturated rings. The number of benzene rings is 1. The van der Waals surface area contributed by atoms with Crippen molar-refractivity contribution in [2.24, 2.45) is 0 Å². The average molecular weight is 291 g/mol. The summed E-state index contributed by atoms with van der Waals surface area (Å²) in [5.41, 5.74) is -1.58. The summed E-state index contributed by atoms with van der Waals surface area (Å²) in [7, 11) is 0. The van der Waals surface area contributed by atoms with Gasteiger partial charge in [0.2, 0.25) is 0 Å². The highest BCUT2D eigenvalue weighted by atomic mass is 32.1. The fraction of sp³-hybridized carbons (Fsp3) is 0.143. The van der Waals surface area contributed by atoms with Crippen LogP contribution in [0.4, 0.5) is 10.1 Å². The number of thiophene rings is 1. The van der Waals surface area contributed by atoms with Crippen LogP contribution in [0.2, 0.25) is 0 Å². The van der Waals surface area contributed by atoms with Crippen LogP contribution in [0.25, 0.3) is 0 Å². The summed E-state index contributed by atoms with van der Waals surface area (Å²) < 4.78 is 13.3. The van der Waals surface area contributed by atoms with Gasteiger partial charge in [-0.25, -0.2) is 4.39 Å². The number of amides is 1. The van der Waals surface area contributed by atoms with Crippen LogP contribution >= 0.6 is 11.3 Å². The lowest BCUT2D eigenvalue weighted by atomic mass is 9.89. The molecule has 1 aliphatic rings. The Hall–Kier alpha value is -2.05. The van der Waals surface area contributed by atoms with Crippen LogP contribution in [0, 0.1) is 5.82 Å². The van der Waals surface area contributed by atoms with Crippen LogP contribution in [0.1, 0.15) is 21.7 Å². The van der Waals surface area contributed by atoms with E-state index in [1.807, 2.05) is 0 Å². The first-order valence-corrected chi connectivity index (χ1v) is 6.79. The number of nitrogens with one attached hydrogen (secondary N) is 1. The Bertz CT molecular complexity index is 698. The van der Waals surface area contributed by atoms with Gasteiger partial charge in [-0.05, 0) is 29.6 Å². The Kier molecular flexibility index (Phi) is 2.92. The highest BCUT2D eigenvalue weighted by Gasteiger charge is 2.47. The summed E-state index contributed by atoms with van der Waals surface area (Å²) >= 11 is 1.23. The molecule has 0 saturated heterocycles. The third kappa shape index (κ3) is 1.93. The van der Waals surface area contributed by atoms with E-state index in [0.29, 0.717) is 10.6 Å². The van der Waals surface area contributed by atoms with Crippen molar-refractivity contribution in [2.45, 2.75) is 12.0 Å². The molecule has 0 bridgehead atoms. The molecule has 1 atom stereocenters. The second kappa shape index (κ2) is 4.50. The summed E-state index contributed by atoms with van der Waals surface area (Å²) in [6.45, 7) is 0. The number of carbonyl (C=O) groups excluding carboxylic acids is 2. The Morgan fingerprint density at radius 2 is 2.20 bits per heavy atom. The molecule has 2 aromatic rings. The monoisotopic (exact) mass is 291 g/mol. The van der Waals surface area contributed by atoms with Crippen molar-refractivity contribution in [1.82, 2.24) is 0 Å². The van der Waals surface area contributed by atoms with E-state index in [-0.39, 0.29) is 11.3 Å². The molecular weight excluding hydrogens is 281 g/mol. The highest BCUT2D eigenvalue weighted by Crippen LogP contribution is 2.39. The maximum absolute atomic E-state index is 13.3. The van der Waals surface area contributed by atoms with Gasteiger partial charge >= 0.3 is 0 Å². The average Bonchev–Trinajstić information content (AvgIpc) is 3.00. The molecule has 0 radical (unpaired) electrons. The lowest BCUT2D eigenvalue weighted by Gasteiger charge is -2.19. The minimum atomic E-state index is -2.02.